The van der Waals surface area contributed by atoms with Crippen LogP contribution in [0.5, 0.6) is 17.2 Å². The van der Waals surface area contributed by atoms with E-state index in [2.05, 4.69) is 10.6 Å². The molecule has 3 aliphatic heterocycles. The monoisotopic (exact) mass is 545 g/mol. The van der Waals surface area contributed by atoms with Gasteiger partial charge in [0.1, 0.15) is 23.4 Å². The second-order valence-electron chi connectivity index (χ2n) is 9.57. The highest BCUT2D eigenvalue weighted by Gasteiger charge is 2.37. The van der Waals surface area contributed by atoms with E-state index in [0.717, 1.165) is 17.5 Å². The molecule has 2 atom stereocenters. The molecule has 2 aromatic rings. The molecule has 11 heteroatoms. The molecule has 2 aromatic carbocycles. The average molecular weight is 546 g/mol. The van der Waals surface area contributed by atoms with Gasteiger partial charge < -0.3 is 24.8 Å². The fourth-order valence-corrected chi connectivity index (χ4v) is 6.23. The summed E-state index contributed by atoms with van der Waals surface area (Å²) in [5.74, 6) is 0.840. The Balaban J connectivity index is 1.68. The molecule has 1 fully saturated rings. The third-order valence-electron chi connectivity index (χ3n) is 6.81. The van der Waals surface area contributed by atoms with Crippen LogP contribution in [0.25, 0.3) is 0 Å². The molecule has 3 aliphatic rings. The lowest BCUT2D eigenvalue weighted by Gasteiger charge is -2.38. The van der Waals surface area contributed by atoms with Crippen LogP contribution in [0.15, 0.2) is 36.4 Å². The van der Waals surface area contributed by atoms with Gasteiger partial charge in [-0.25, -0.2) is 8.42 Å². The number of sulfonamides is 1. The predicted octanol–water partition coefficient (Wildman–Crippen LogP) is 2.39. The summed E-state index contributed by atoms with van der Waals surface area (Å²) >= 11 is 0. The van der Waals surface area contributed by atoms with E-state index in [1.165, 1.54) is 11.4 Å². The van der Waals surface area contributed by atoms with E-state index in [1.54, 1.807) is 36.4 Å². The third-order valence-corrected chi connectivity index (χ3v) is 8.73. The summed E-state index contributed by atoms with van der Waals surface area (Å²) in [4.78, 5) is 25.7. The van der Waals surface area contributed by atoms with Crippen LogP contribution in [0.3, 0.4) is 0 Å². The fraction of sp³-hybridized carbons (Fsp3) is 0.481. The number of piperidine rings is 1. The highest BCUT2D eigenvalue weighted by molar-refractivity contribution is 7.89. The quantitative estimate of drug-likeness (QED) is 0.591. The lowest BCUT2D eigenvalue weighted by Crippen LogP contribution is -2.58. The molecule has 0 unspecified atom stereocenters. The van der Waals surface area contributed by atoms with Gasteiger partial charge in [-0.1, -0.05) is 19.4 Å². The first-order valence-electron chi connectivity index (χ1n) is 12.8. The second-order valence-corrected chi connectivity index (χ2v) is 11.7. The number of unbranched alkanes of at least 4 members (excludes halogenated alkanes) is 1. The molecular weight excluding hydrogens is 510 g/mol. The van der Waals surface area contributed by atoms with E-state index in [1.807, 2.05) is 13.8 Å². The Hall–Kier alpha value is -3.31. The maximum Gasteiger partial charge on any atom is 0.258 e. The van der Waals surface area contributed by atoms with Crippen LogP contribution in [-0.2, 0) is 21.4 Å². The van der Waals surface area contributed by atoms with Crippen LogP contribution in [-0.4, -0.2) is 69.2 Å². The van der Waals surface area contributed by atoms with Crippen LogP contribution >= 0.6 is 0 Å². The molecule has 0 radical (unpaired) electrons. The SMILES string of the molecule is CCCCS(=O)(=O)N1CC[C@H]2Oc3ccc(c(OC)c3)CNC(=O)COc3cc(ccc3C)C(=O)N[C@H]2C1. The summed E-state index contributed by atoms with van der Waals surface area (Å²) in [5, 5.41) is 5.81. The Kier molecular flexibility index (Phi) is 8.78. The average Bonchev–Trinajstić information content (AvgIpc) is 2.91. The zero-order valence-corrected chi connectivity index (χ0v) is 22.8. The normalized spacial score (nSPS) is 20.8. The number of aryl methyl sites for hydroxylation is 1. The number of hydrogen-bond donors (Lipinski definition) is 2. The van der Waals surface area contributed by atoms with Gasteiger partial charge in [-0.3, -0.25) is 9.59 Å². The van der Waals surface area contributed by atoms with Crippen LogP contribution in [0.1, 0.15) is 47.7 Å². The molecular formula is C27H35N3O7S. The molecule has 4 bridgehead atoms. The number of methoxy groups -OCH3 is 1. The molecule has 10 nitrogen and oxygen atoms in total. The number of fused-ring (bicyclic) bond motifs is 7. The van der Waals surface area contributed by atoms with Crippen molar-refractivity contribution in [3.8, 4) is 17.2 Å². The van der Waals surface area contributed by atoms with Crippen molar-refractivity contribution in [3.63, 3.8) is 0 Å². The summed E-state index contributed by atoms with van der Waals surface area (Å²) in [6.45, 7) is 4.20. The van der Waals surface area contributed by atoms with Gasteiger partial charge >= 0.3 is 0 Å². The van der Waals surface area contributed by atoms with Crippen molar-refractivity contribution in [3.05, 3.63) is 53.1 Å². The number of nitrogens with one attached hydrogen (secondary N) is 2. The number of hydrogen-bond acceptors (Lipinski definition) is 7. The summed E-state index contributed by atoms with van der Waals surface area (Å²) < 4.78 is 44.9. The Labute approximate surface area is 223 Å². The van der Waals surface area contributed by atoms with E-state index >= 15 is 0 Å². The van der Waals surface area contributed by atoms with E-state index in [4.69, 9.17) is 14.2 Å². The minimum Gasteiger partial charge on any atom is -0.496 e. The number of rotatable bonds is 5. The van der Waals surface area contributed by atoms with E-state index in [-0.39, 0.29) is 37.3 Å². The van der Waals surface area contributed by atoms with Crippen molar-refractivity contribution in [1.29, 1.82) is 0 Å². The summed E-state index contributed by atoms with van der Waals surface area (Å²) in [6, 6.07) is 9.71. The van der Waals surface area contributed by atoms with Crippen molar-refractivity contribution >= 4 is 21.8 Å². The number of nitrogens with zero attached hydrogens (tertiary/aromatic N) is 1. The van der Waals surface area contributed by atoms with Gasteiger partial charge in [-0.05, 0) is 43.2 Å². The van der Waals surface area contributed by atoms with Crippen molar-refractivity contribution in [2.45, 2.75) is 51.8 Å². The van der Waals surface area contributed by atoms with Gasteiger partial charge in [0.05, 0.1) is 18.9 Å². The van der Waals surface area contributed by atoms with Crippen molar-refractivity contribution in [1.82, 2.24) is 14.9 Å². The molecule has 2 N–H and O–H groups in total. The lowest BCUT2D eigenvalue weighted by atomic mass is 10.0. The van der Waals surface area contributed by atoms with Gasteiger partial charge in [0, 0.05) is 43.2 Å². The lowest BCUT2D eigenvalue weighted by molar-refractivity contribution is -0.123. The summed E-state index contributed by atoms with van der Waals surface area (Å²) in [6.07, 6.45) is 1.28. The smallest absolute Gasteiger partial charge is 0.258 e. The maximum atomic E-state index is 13.3. The van der Waals surface area contributed by atoms with Gasteiger partial charge in [0.15, 0.2) is 6.61 Å². The Morgan fingerprint density at radius 3 is 2.74 bits per heavy atom. The number of benzene rings is 2. The molecule has 2 amide bonds. The fourth-order valence-electron chi connectivity index (χ4n) is 4.54. The Morgan fingerprint density at radius 2 is 1.97 bits per heavy atom. The van der Waals surface area contributed by atoms with Gasteiger partial charge in [-0.2, -0.15) is 4.31 Å². The highest BCUT2D eigenvalue weighted by Crippen LogP contribution is 2.28. The molecule has 206 valence electrons. The second kappa shape index (κ2) is 12.0. The number of ether oxygens (including phenoxy) is 3. The molecule has 0 aromatic heterocycles. The first-order chi connectivity index (χ1) is 18.2. The predicted molar refractivity (Wildman–Crippen MR) is 142 cm³/mol. The minimum atomic E-state index is -3.47. The van der Waals surface area contributed by atoms with Gasteiger partial charge in [-0.15, -0.1) is 0 Å². The van der Waals surface area contributed by atoms with Gasteiger partial charge in [0.2, 0.25) is 10.0 Å². The molecule has 0 aliphatic carbocycles. The zero-order chi connectivity index (χ0) is 27.3. The number of carbonyl (C=O) groups is 2. The van der Waals surface area contributed by atoms with Crippen LogP contribution in [0.2, 0.25) is 0 Å². The maximum absolute atomic E-state index is 13.3. The largest absolute Gasteiger partial charge is 0.496 e. The van der Waals surface area contributed by atoms with E-state index in [9.17, 15) is 18.0 Å². The number of carbonyl (C=O) groups excluding carboxylic acids is 2. The Morgan fingerprint density at radius 1 is 1.16 bits per heavy atom. The molecule has 0 saturated carbocycles. The summed E-state index contributed by atoms with van der Waals surface area (Å²) in [7, 11) is -1.93. The van der Waals surface area contributed by atoms with Crippen molar-refractivity contribution in [2.75, 3.05) is 32.6 Å². The van der Waals surface area contributed by atoms with Crippen LogP contribution < -0.4 is 24.8 Å². The number of amides is 2. The first kappa shape index (κ1) is 27.7. The molecule has 1 saturated heterocycles. The van der Waals surface area contributed by atoms with Crippen LogP contribution in [0.4, 0.5) is 0 Å². The minimum absolute atomic E-state index is 0.0692. The third kappa shape index (κ3) is 6.57. The molecule has 5 rings (SSSR count). The van der Waals surface area contributed by atoms with Crippen molar-refractivity contribution < 1.29 is 32.2 Å². The van der Waals surface area contributed by atoms with Crippen molar-refractivity contribution in [2.24, 2.45) is 0 Å². The molecule has 3 heterocycles. The molecule has 38 heavy (non-hydrogen) atoms. The Bertz CT molecular complexity index is 1280. The van der Waals surface area contributed by atoms with E-state index in [0.29, 0.717) is 42.2 Å². The molecule has 0 spiro atoms. The van der Waals surface area contributed by atoms with Crippen LogP contribution in [0, 0.1) is 6.92 Å². The topological polar surface area (TPSA) is 123 Å². The van der Waals surface area contributed by atoms with Gasteiger partial charge in [0.25, 0.3) is 11.8 Å². The van der Waals surface area contributed by atoms with E-state index < -0.39 is 22.2 Å². The zero-order valence-electron chi connectivity index (χ0n) is 22.0. The summed E-state index contributed by atoms with van der Waals surface area (Å²) in [5.41, 5.74) is 1.87. The first-order valence-corrected chi connectivity index (χ1v) is 14.4. The standard InChI is InChI=1S/C27H35N3O7S/c1-4-5-12-38(33,34)30-11-10-23-22(16-30)29-27(32)19-7-6-18(2)24(13-19)36-17-26(31)28-15-20-8-9-21(37-23)14-25(20)35-3/h6-9,13-14,22-23H,4-5,10-12,15-17H2,1-3H3,(H,28,31)(H,29,32)/t22-,23+/m0/s1. The highest BCUT2D eigenvalue weighted by atomic mass is 32.2.